The number of hydrogen-bond acceptors (Lipinski definition) is 3. The van der Waals surface area contributed by atoms with Crippen LogP contribution in [-0.4, -0.2) is 19.0 Å². The Kier molecular flexibility index (Phi) is 4.01. The first-order chi connectivity index (χ1) is 10.5. The summed E-state index contributed by atoms with van der Waals surface area (Å²) in [7, 11) is 3.97. The highest BCUT2D eigenvalue weighted by molar-refractivity contribution is 6.30. The summed E-state index contributed by atoms with van der Waals surface area (Å²) in [5, 5.41) is 1.26. The van der Waals surface area contributed by atoms with Crippen LogP contribution in [0.1, 0.15) is 5.56 Å². The van der Waals surface area contributed by atoms with Crippen LogP contribution in [0.5, 0.6) is 0 Å². The largest absolute Gasteiger partial charge is 0.455 e. The molecule has 0 radical (unpaired) electrons. The fraction of sp³-hybridized carbons (Fsp3) is 0.167. The van der Waals surface area contributed by atoms with Crippen molar-refractivity contribution >= 4 is 22.6 Å². The summed E-state index contributed by atoms with van der Waals surface area (Å²) >= 11 is 5.91. The fourth-order valence-electron chi connectivity index (χ4n) is 2.46. The van der Waals surface area contributed by atoms with Crippen molar-refractivity contribution < 1.29 is 4.42 Å². The van der Waals surface area contributed by atoms with Gasteiger partial charge in [-0.05, 0) is 44.4 Å². The third-order valence-electron chi connectivity index (χ3n) is 3.45. The van der Waals surface area contributed by atoms with Gasteiger partial charge < -0.3 is 9.32 Å². The molecule has 0 fully saturated rings. The van der Waals surface area contributed by atoms with Gasteiger partial charge in [0, 0.05) is 28.8 Å². The van der Waals surface area contributed by atoms with E-state index in [0.29, 0.717) is 28.3 Å². The molecule has 112 valence electrons. The van der Waals surface area contributed by atoms with Crippen LogP contribution in [0.2, 0.25) is 5.02 Å². The Balaban J connectivity index is 2.21. The fourth-order valence-corrected chi connectivity index (χ4v) is 2.58. The summed E-state index contributed by atoms with van der Waals surface area (Å²) in [6.07, 6.45) is 0. The van der Waals surface area contributed by atoms with Crippen LogP contribution in [-0.2, 0) is 6.54 Å². The molecule has 2 aromatic carbocycles. The maximum Gasteiger partial charge on any atom is 0.193 e. The van der Waals surface area contributed by atoms with E-state index in [9.17, 15) is 4.79 Å². The second kappa shape index (κ2) is 5.95. The third-order valence-corrected chi connectivity index (χ3v) is 3.70. The van der Waals surface area contributed by atoms with Crippen molar-refractivity contribution in [1.29, 1.82) is 0 Å². The molecule has 0 bridgehead atoms. The van der Waals surface area contributed by atoms with Crippen molar-refractivity contribution in [3.63, 3.8) is 0 Å². The van der Waals surface area contributed by atoms with Crippen LogP contribution in [0.25, 0.3) is 22.3 Å². The molecule has 0 spiro atoms. The van der Waals surface area contributed by atoms with Gasteiger partial charge in [0.1, 0.15) is 11.3 Å². The minimum atomic E-state index is -0.0354. The summed E-state index contributed by atoms with van der Waals surface area (Å²) in [6.45, 7) is 0.713. The summed E-state index contributed by atoms with van der Waals surface area (Å²) in [6, 6.07) is 14.5. The highest BCUT2D eigenvalue weighted by Gasteiger charge is 2.11. The molecule has 0 saturated carbocycles. The molecular formula is C18H16ClNO2. The molecule has 0 aliphatic rings. The molecule has 4 heteroatoms. The first kappa shape index (κ1) is 14.8. The van der Waals surface area contributed by atoms with Gasteiger partial charge >= 0.3 is 0 Å². The summed E-state index contributed by atoms with van der Waals surface area (Å²) in [5.41, 5.74) is 2.44. The van der Waals surface area contributed by atoms with Crippen LogP contribution in [0.4, 0.5) is 0 Å². The van der Waals surface area contributed by atoms with Crippen LogP contribution in [0, 0.1) is 0 Å². The van der Waals surface area contributed by atoms with E-state index in [4.69, 9.17) is 16.0 Å². The van der Waals surface area contributed by atoms with Gasteiger partial charge in [-0.2, -0.15) is 0 Å². The van der Waals surface area contributed by atoms with E-state index >= 15 is 0 Å². The molecule has 0 aliphatic carbocycles. The standard InChI is InChI=1S/C18H16ClNO2/c1-20(2)11-13-4-3-5-15-16(21)10-17(22-18(13)15)12-6-8-14(19)9-7-12/h3-10H,11H2,1-2H3. The molecule has 0 atom stereocenters. The van der Waals surface area contributed by atoms with Gasteiger partial charge in [0.2, 0.25) is 0 Å². The smallest absolute Gasteiger partial charge is 0.193 e. The Morgan fingerprint density at radius 1 is 1.09 bits per heavy atom. The number of halogens is 1. The van der Waals surface area contributed by atoms with Gasteiger partial charge in [-0.15, -0.1) is 0 Å². The summed E-state index contributed by atoms with van der Waals surface area (Å²) < 4.78 is 6.03. The van der Waals surface area contributed by atoms with E-state index in [2.05, 4.69) is 0 Å². The zero-order chi connectivity index (χ0) is 15.7. The number of para-hydroxylation sites is 1. The normalized spacial score (nSPS) is 11.3. The molecule has 0 aliphatic heterocycles. The second-order valence-electron chi connectivity index (χ2n) is 5.51. The van der Waals surface area contributed by atoms with E-state index < -0.39 is 0 Å². The first-order valence-electron chi connectivity index (χ1n) is 7.01. The van der Waals surface area contributed by atoms with E-state index in [-0.39, 0.29) is 5.43 Å². The molecule has 0 amide bonds. The van der Waals surface area contributed by atoms with Gasteiger partial charge in [-0.25, -0.2) is 0 Å². The molecule has 0 N–H and O–H groups in total. The highest BCUT2D eigenvalue weighted by Crippen LogP contribution is 2.25. The van der Waals surface area contributed by atoms with Gasteiger partial charge in [-0.3, -0.25) is 4.79 Å². The van der Waals surface area contributed by atoms with Crippen molar-refractivity contribution in [2.75, 3.05) is 14.1 Å². The number of fused-ring (bicyclic) bond motifs is 1. The Hall–Kier alpha value is -2.10. The van der Waals surface area contributed by atoms with Crippen molar-refractivity contribution in [2.45, 2.75) is 6.54 Å². The Labute approximate surface area is 133 Å². The number of hydrogen-bond donors (Lipinski definition) is 0. The number of rotatable bonds is 3. The van der Waals surface area contributed by atoms with E-state index in [1.165, 1.54) is 6.07 Å². The lowest BCUT2D eigenvalue weighted by Crippen LogP contribution is -2.12. The van der Waals surface area contributed by atoms with Gasteiger partial charge in [0.05, 0.1) is 5.39 Å². The third kappa shape index (κ3) is 2.91. The maximum atomic E-state index is 12.4. The predicted molar refractivity (Wildman–Crippen MR) is 90.3 cm³/mol. The van der Waals surface area contributed by atoms with Crippen LogP contribution in [0.15, 0.2) is 57.7 Å². The Morgan fingerprint density at radius 2 is 1.82 bits per heavy atom. The highest BCUT2D eigenvalue weighted by atomic mass is 35.5. The lowest BCUT2D eigenvalue weighted by molar-refractivity contribution is 0.401. The topological polar surface area (TPSA) is 33.5 Å². The van der Waals surface area contributed by atoms with Crippen molar-refractivity contribution in [1.82, 2.24) is 4.90 Å². The summed E-state index contributed by atoms with van der Waals surface area (Å²) in [5.74, 6) is 0.556. The molecule has 0 saturated heterocycles. The summed E-state index contributed by atoms with van der Waals surface area (Å²) in [4.78, 5) is 14.4. The maximum absolute atomic E-state index is 12.4. The molecule has 1 heterocycles. The van der Waals surface area contributed by atoms with Crippen molar-refractivity contribution in [3.8, 4) is 11.3 Å². The van der Waals surface area contributed by atoms with Crippen LogP contribution >= 0.6 is 11.6 Å². The van der Waals surface area contributed by atoms with E-state index in [1.807, 2.05) is 43.3 Å². The van der Waals surface area contributed by atoms with Crippen LogP contribution < -0.4 is 5.43 Å². The number of benzene rings is 2. The van der Waals surface area contributed by atoms with Gasteiger partial charge in [-0.1, -0.05) is 23.7 Å². The average Bonchev–Trinajstić information content (AvgIpc) is 2.48. The number of nitrogens with zero attached hydrogens (tertiary/aromatic N) is 1. The Bertz CT molecular complexity index is 866. The molecule has 22 heavy (non-hydrogen) atoms. The second-order valence-corrected chi connectivity index (χ2v) is 5.95. The molecule has 3 aromatic rings. The lowest BCUT2D eigenvalue weighted by atomic mass is 10.1. The van der Waals surface area contributed by atoms with Gasteiger partial charge in [0.25, 0.3) is 0 Å². The van der Waals surface area contributed by atoms with Crippen molar-refractivity contribution in [3.05, 3.63) is 69.3 Å². The first-order valence-corrected chi connectivity index (χ1v) is 7.39. The lowest BCUT2D eigenvalue weighted by Gasteiger charge is -2.12. The SMILES string of the molecule is CN(C)Cc1cccc2c(=O)cc(-c3ccc(Cl)cc3)oc12. The molecule has 0 unspecified atom stereocenters. The monoisotopic (exact) mass is 313 g/mol. The Morgan fingerprint density at radius 3 is 2.50 bits per heavy atom. The quantitative estimate of drug-likeness (QED) is 0.727. The molecule has 3 rings (SSSR count). The molecular weight excluding hydrogens is 298 g/mol. The average molecular weight is 314 g/mol. The molecule has 1 aromatic heterocycles. The van der Waals surface area contributed by atoms with Gasteiger partial charge in [0.15, 0.2) is 5.43 Å². The minimum absolute atomic E-state index is 0.0354. The predicted octanol–water partition coefficient (Wildman–Crippen LogP) is 4.18. The molecule has 3 nitrogen and oxygen atoms in total. The van der Waals surface area contributed by atoms with E-state index in [1.54, 1.807) is 18.2 Å². The van der Waals surface area contributed by atoms with E-state index in [0.717, 1.165) is 11.1 Å². The zero-order valence-electron chi connectivity index (χ0n) is 12.5. The van der Waals surface area contributed by atoms with Crippen molar-refractivity contribution in [2.24, 2.45) is 0 Å². The minimum Gasteiger partial charge on any atom is -0.455 e. The van der Waals surface area contributed by atoms with Crippen LogP contribution in [0.3, 0.4) is 0 Å². The zero-order valence-corrected chi connectivity index (χ0v) is 13.2.